The first-order chi connectivity index (χ1) is 6.91. The van der Waals surface area contributed by atoms with E-state index in [-0.39, 0.29) is 4.75 Å². The van der Waals surface area contributed by atoms with Gasteiger partial charge in [-0.05, 0) is 46.5 Å². The van der Waals surface area contributed by atoms with E-state index in [0.717, 1.165) is 5.92 Å². The first-order valence-corrected chi connectivity index (χ1v) is 7.24. The lowest BCUT2D eigenvalue weighted by molar-refractivity contribution is 0.301. The van der Waals surface area contributed by atoms with Gasteiger partial charge in [-0.15, -0.1) is 4.72 Å². The molecule has 0 amide bonds. The van der Waals surface area contributed by atoms with Crippen molar-refractivity contribution in [3.63, 3.8) is 0 Å². The summed E-state index contributed by atoms with van der Waals surface area (Å²) in [5.41, 5.74) is 0. The van der Waals surface area contributed by atoms with Gasteiger partial charge in [0.25, 0.3) is 0 Å². The molecular weight excluding hydrogens is 206 g/mol. The molecule has 0 aromatic carbocycles. The molecule has 1 aliphatic rings. The molecule has 2 atom stereocenters. The second-order valence-corrected chi connectivity index (χ2v) is 7.68. The summed E-state index contributed by atoms with van der Waals surface area (Å²) >= 11 is -0.919. The Morgan fingerprint density at radius 3 is 2.20 bits per heavy atom. The Morgan fingerprint density at radius 2 is 1.73 bits per heavy atom. The van der Waals surface area contributed by atoms with Crippen molar-refractivity contribution < 1.29 is 4.55 Å². The van der Waals surface area contributed by atoms with Crippen LogP contribution in [0.2, 0.25) is 0 Å². The van der Waals surface area contributed by atoms with Crippen molar-refractivity contribution in [2.45, 2.75) is 70.6 Å². The van der Waals surface area contributed by atoms with Crippen LogP contribution in [0.5, 0.6) is 0 Å². The molecule has 0 heterocycles. The Balaban J connectivity index is 2.36. The molecule has 3 heteroatoms. The lowest BCUT2D eigenvalue weighted by Gasteiger charge is -2.32. The molecule has 90 valence electrons. The lowest BCUT2D eigenvalue weighted by atomic mass is 9.85. The van der Waals surface area contributed by atoms with Gasteiger partial charge >= 0.3 is 0 Å². The summed E-state index contributed by atoms with van der Waals surface area (Å²) in [5, 5.41) is 0. The molecule has 0 aliphatic heterocycles. The van der Waals surface area contributed by atoms with E-state index in [0.29, 0.717) is 6.04 Å². The second-order valence-electron chi connectivity index (χ2n) is 5.69. The highest BCUT2D eigenvalue weighted by atomic mass is 32.2. The summed E-state index contributed by atoms with van der Waals surface area (Å²) in [5.74, 6) is 0.727. The SMILES string of the molecule is C[C@H](N[S+]([O-])C(C)(C)C)C1CCCCC1. The molecule has 1 unspecified atom stereocenters. The first-order valence-electron chi connectivity index (χ1n) is 6.09. The minimum atomic E-state index is -0.919. The van der Waals surface area contributed by atoms with Crippen molar-refractivity contribution in [2.75, 3.05) is 0 Å². The third-order valence-corrected chi connectivity index (χ3v) is 4.90. The summed E-state index contributed by atoms with van der Waals surface area (Å²) in [6.07, 6.45) is 6.67. The van der Waals surface area contributed by atoms with Gasteiger partial charge in [-0.25, -0.2) is 0 Å². The van der Waals surface area contributed by atoms with E-state index in [9.17, 15) is 4.55 Å². The second kappa shape index (κ2) is 5.55. The van der Waals surface area contributed by atoms with Crippen molar-refractivity contribution in [2.24, 2.45) is 5.92 Å². The van der Waals surface area contributed by atoms with E-state index in [2.05, 4.69) is 11.6 Å². The molecular formula is C12H25NOS. The summed E-state index contributed by atoms with van der Waals surface area (Å²) in [4.78, 5) is 0. The molecule has 0 aromatic heterocycles. The predicted octanol–water partition coefficient (Wildman–Crippen LogP) is 3.01. The fourth-order valence-corrected chi connectivity index (χ4v) is 2.96. The minimum absolute atomic E-state index is 0.150. The monoisotopic (exact) mass is 231 g/mol. The van der Waals surface area contributed by atoms with E-state index < -0.39 is 11.4 Å². The molecule has 1 N–H and O–H groups in total. The number of nitrogens with one attached hydrogen (secondary N) is 1. The van der Waals surface area contributed by atoms with Gasteiger partial charge in [-0.2, -0.15) is 0 Å². The van der Waals surface area contributed by atoms with Crippen LogP contribution in [0.25, 0.3) is 0 Å². The van der Waals surface area contributed by atoms with Crippen molar-refractivity contribution in [3.8, 4) is 0 Å². The maximum absolute atomic E-state index is 11.9. The zero-order valence-corrected chi connectivity index (χ0v) is 11.3. The molecule has 0 saturated heterocycles. The van der Waals surface area contributed by atoms with Gasteiger partial charge in [0.15, 0.2) is 0 Å². The normalized spacial score (nSPS) is 23.8. The molecule has 1 saturated carbocycles. The topological polar surface area (TPSA) is 35.1 Å². The van der Waals surface area contributed by atoms with Crippen molar-refractivity contribution in [3.05, 3.63) is 0 Å². The van der Waals surface area contributed by atoms with Crippen molar-refractivity contribution >= 4 is 11.4 Å². The fraction of sp³-hybridized carbons (Fsp3) is 1.00. The average molecular weight is 231 g/mol. The van der Waals surface area contributed by atoms with E-state index in [1.54, 1.807) is 0 Å². The van der Waals surface area contributed by atoms with Gasteiger partial charge in [-0.3, -0.25) is 0 Å². The van der Waals surface area contributed by atoms with E-state index >= 15 is 0 Å². The van der Waals surface area contributed by atoms with Crippen LogP contribution < -0.4 is 4.72 Å². The minimum Gasteiger partial charge on any atom is -0.598 e. The Hall–Kier alpha value is 0.270. The van der Waals surface area contributed by atoms with Crippen LogP contribution in [-0.4, -0.2) is 15.3 Å². The van der Waals surface area contributed by atoms with Gasteiger partial charge in [-0.1, -0.05) is 19.3 Å². The van der Waals surface area contributed by atoms with Crippen LogP contribution in [-0.2, 0) is 11.4 Å². The molecule has 0 radical (unpaired) electrons. The van der Waals surface area contributed by atoms with Crippen LogP contribution in [0.3, 0.4) is 0 Å². The molecule has 2 nitrogen and oxygen atoms in total. The van der Waals surface area contributed by atoms with Gasteiger partial charge in [0.2, 0.25) is 0 Å². The van der Waals surface area contributed by atoms with Gasteiger partial charge in [0.1, 0.15) is 4.75 Å². The first kappa shape index (κ1) is 13.3. The maximum Gasteiger partial charge on any atom is 0.136 e. The molecule has 0 spiro atoms. The van der Waals surface area contributed by atoms with Gasteiger partial charge in [0.05, 0.1) is 6.04 Å². The quantitative estimate of drug-likeness (QED) is 0.758. The largest absolute Gasteiger partial charge is 0.598 e. The standard InChI is InChI=1S/C12H25NOS/c1-10(11-8-6-5-7-9-11)13-15(14)12(2,3)4/h10-11,13H,5-9H2,1-4H3/t10-,15?/m0/s1. The predicted molar refractivity (Wildman–Crippen MR) is 67.1 cm³/mol. The lowest BCUT2D eigenvalue weighted by Crippen LogP contribution is -2.46. The average Bonchev–Trinajstić information content (AvgIpc) is 2.17. The fourth-order valence-electron chi connectivity index (χ4n) is 2.08. The molecule has 1 rings (SSSR count). The van der Waals surface area contributed by atoms with Crippen LogP contribution >= 0.6 is 0 Å². The Bertz CT molecular complexity index is 185. The summed E-state index contributed by atoms with van der Waals surface area (Å²) < 4.78 is 15.0. The highest BCUT2D eigenvalue weighted by Crippen LogP contribution is 2.27. The van der Waals surface area contributed by atoms with Crippen LogP contribution in [0.1, 0.15) is 59.8 Å². The zero-order valence-electron chi connectivity index (χ0n) is 10.5. The number of hydrogen-bond acceptors (Lipinski definition) is 2. The summed E-state index contributed by atoms with van der Waals surface area (Å²) in [7, 11) is 0. The summed E-state index contributed by atoms with van der Waals surface area (Å²) in [6, 6.07) is 0.394. The van der Waals surface area contributed by atoms with Crippen molar-refractivity contribution in [1.82, 2.24) is 4.72 Å². The number of rotatable bonds is 3. The Morgan fingerprint density at radius 1 is 1.20 bits per heavy atom. The maximum atomic E-state index is 11.9. The van der Waals surface area contributed by atoms with Crippen LogP contribution in [0.4, 0.5) is 0 Å². The Labute approximate surface area is 97.5 Å². The van der Waals surface area contributed by atoms with Crippen LogP contribution in [0, 0.1) is 5.92 Å². The Kier molecular flexibility index (Phi) is 4.94. The van der Waals surface area contributed by atoms with E-state index in [1.807, 2.05) is 20.8 Å². The van der Waals surface area contributed by atoms with E-state index in [1.165, 1.54) is 32.1 Å². The zero-order chi connectivity index (χ0) is 11.5. The number of hydrogen-bond donors (Lipinski definition) is 1. The molecule has 0 bridgehead atoms. The molecule has 1 aliphatic carbocycles. The van der Waals surface area contributed by atoms with Crippen molar-refractivity contribution in [1.29, 1.82) is 0 Å². The third-order valence-electron chi connectivity index (χ3n) is 3.21. The third kappa shape index (κ3) is 4.33. The molecule has 15 heavy (non-hydrogen) atoms. The molecule has 1 fully saturated rings. The highest BCUT2D eigenvalue weighted by molar-refractivity contribution is 7.90. The van der Waals surface area contributed by atoms with Gasteiger partial charge < -0.3 is 4.55 Å². The van der Waals surface area contributed by atoms with E-state index in [4.69, 9.17) is 0 Å². The van der Waals surface area contributed by atoms with Crippen LogP contribution in [0.15, 0.2) is 0 Å². The highest BCUT2D eigenvalue weighted by Gasteiger charge is 2.30. The summed E-state index contributed by atoms with van der Waals surface area (Å²) in [6.45, 7) is 8.23. The molecule has 0 aromatic rings. The smallest absolute Gasteiger partial charge is 0.136 e. The van der Waals surface area contributed by atoms with Gasteiger partial charge in [0, 0.05) is 11.4 Å².